The summed E-state index contributed by atoms with van der Waals surface area (Å²) >= 11 is 1.37. The molecule has 1 aromatic heterocycles. The summed E-state index contributed by atoms with van der Waals surface area (Å²) in [7, 11) is 1.64. The average molecular weight is 399 g/mol. The maximum absolute atomic E-state index is 12.8. The summed E-state index contributed by atoms with van der Waals surface area (Å²) in [5.41, 5.74) is 0.110. The van der Waals surface area contributed by atoms with Crippen molar-refractivity contribution in [3.05, 3.63) is 34.8 Å². The van der Waals surface area contributed by atoms with Crippen LogP contribution in [0.4, 0.5) is 5.13 Å². The molecule has 8 heteroatoms. The summed E-state index contributed by atoms with van der Waals surface area (Å²) < 4.78 is 11.4. The molecule has 1 spiro atoms. The van der Waals surface area contributed by atoms with Crippen LogP contribution in [0.2, 0.25) is 0 Å². The van der Waals surface area contributed by atoms with Crippen molar-refractivity contribution in [3.63, 3.8) is 0 Å². The van der Waals surface area contributed by atoms with Gasteiger partial charge < -0.3 is 14.8 Å². The van der Waals surface area contributed by atoms with Gasteiger partial charge in [-0.2, -0.15) is 0 Å². The third kappa shape index (κ3) is 2.82. The van der Waals surface area contributed by atoms with Crippen molar-refractivity contribution in [2.24, 2.45) is 17.8 Å². The van der Waals surface area contributed by atoms with Crippen LogP contribution >= 0.6 is 11.3 Å². The molecule has 2 fully saturated rings. The zero-order valence-corrected chi connectivity index (χ0v) is 16.3. The number of benzene rings is 1. The predicted molar refractivity (Wildman–Crippen MR) is 103 cm³/mol. The molecular formula is C20H21N3O4S. The van der Waals surface area contributed by atoms with Crippen LogP contribution in [0.25, 0.3) is 0 Å². The molecule has 2 aliphatic carbocycles. The lowest BCUT2D eigenvalue weighted by molar-refractivity contribution is -0.119. The largest absolute Gasteiger partial charge is 0.486 e. The highest BCUT2D eigenvalue weighted by molar-refractivity contribution is 7.15. The average Bonchev–Trinajstić information content (AvgIpc) is 3.12. The number of hydrogen-bond acceptors (Lipinski definition) is 7. The Kier molecular flexibility index (Phi) is 4.21. The number of carbonyl (C=O) groups excluding carboxylic acids is 2. The van der Waals surface area contributed by atoms with Gasteiger partial charge in [-0.3, -0.25) is 9.59 Å². The van der Waals surface area contributed by atoms with Gasteiger partial charge in [0.1, 0.15) is 16.4 Å². The van der Waals surface area contributed by atoms with E-state index in [0.29, 0.717) is 35.9 Å². The normalized spacial score (nSPS) is 29.9. The van der Waals surface area contributed by atoms with Crippen molar-refractivity contribution in [2.75, 3.05) is 19.0 Å². The minimum Gasteiger partial charge on any atom is -0.486 e. The smallest absolute Gasteiger partial charge is 0.230 e. The molecule has 2 heterocycles. The van der Waals surface area contributed by atoms with E-state index < -0.39 is 5.60 Å². The summed E-state index contributed by atoms with van der Waals surface area (Å²) in [6.45, 7) is 0.574. The van der Waals surface area contributed by atoms with Crippen LogP contribution in [0, 0.1) is 17.8 Å². The topological polar surface area (TPSA) is 90.4 Å². The number of rotatable bonds is 5. The predicted octanol–water partition coefficient (Wildman–Crippen LogP) is 2.73. The third-order valence-electron chi connectivity index (χ3n) is 6.16. The van der Waals surface area contributed by atoms with Gasteiger partial charge in [0.25, 0.3) is 0 Å². The monoisotopic (exact) mass is 399 g/mol. The maximum atomic E-state index is 12.8. The first kappa shape index (κ1) is 17.8. The third-order valence-corrected chi connectivity index (χ3v) is 7.06. The van der Waals surface area contributed by atoms with Crippen molar-refractivity contribution in [3.8, 4) is 5.75 Å². The maximum Gasteiger partial charge on any atom is 0.230 e. The lowest BCUT2D eigenvalue weighted by atomic mass is 9.84. The minimum absolute atomic E-state index is 0.0431. The Bertz CT molecular complexity index is 945. The first-order valence-electron chi connectivity index (χ1n) is 9.55. The van der Waals surface area contributed by atoms with Crippen LogP contribution < -0.4 is 10.1 Å². The number of ether oxygens (including phenoxy) is 2. The highest BCUT2D eigenvalue weighted by Gasteiger charge is 2.70. The Morgan fingerprint density at radius 3 is 3.11 bits per heavy atom. The molecule has 7 nitrogen and oxygen atoms in total. The molecule has 146 valence electrons. The Labute approximate surface area is 166 Å². The molecule has 0 saturated heterocycles. The number of fused-ring (bicyclic) bond motifs is 3. The van der Waals surface area contributed by atoms with E-state index in [1.807, 2.05) is 24.3 Å². The first-order chi connectivity index (χ1) is 13.6. The summed E-state index contributed by atoms with van der Waals surface area (Å²) in [4.78, 5) is 25.5. The molecule has 0 bridgehead atoms. The lowest BCUT2D eigenvalue weighted by Crippen LogP contribution is -2.44. The van der Waals surface area contributed by atoms with Crippen molar-refractivity contribution in [1.29, 1.82) is 0 Å². The Hall–Kier alpha value is -2.32. The minimum atomic E-state index is -0.539. The van der Waals surface area contributed by atoms with Gasteiger partial charge in [-0.05, 0) is 30.9 Å². The quantitative estimate of drug-likeness (QED) is 0.831. The van der Waals surface area contributed by atoms with Crippen molar-refractivity contribution in [1.82, 2.24) is 10.2 Å². The molecule has 4 atom stereocenters. The molecule has 1 amide bonds. The van der Waals surface area contributed by atoms with Crippen molar-refractivity contribution in [2.45, 2.75) is 31.3 Å². The number of para-hydroxylation sites is 1. The van der Waals surface area contributed by atoms with Crippen LogP contribution in [0.5, 0.6) is 5.75 Å². The van der Waals surface area contributed by atoms with Gasteiger partial charge in [0, 0.05) is 25.4 Å². The van der Waals surface area contributed by atoms with Crippen molar-refractivity contribution >= 4 is 28.2 Å². The van der Waals surface area contributed by atoms with Gasteiger partial charge in [-0.25, -0.2) is 0 Å². The summed E-state index contributed by atoms with van der Waals surface area (Å²) in [6, 6.07) is 7.39. The van der Waals surface area contributed by atoms with E-state index in [1.165, 1.54) is 11.3 Å². The molecule has 5 rings (SSSR count). The summed E-state index contributed by atoms with van der Waals surface area (Å²) in [5, 5.41) is 12.4. The van der Waals surface area contributed by atoms with Crippen LogP contribution in [-0.4, -0.2) is 41.2 Å². The number of carbonyl (C=O) groups is 2. The fraction of sp³-hybridized carbons (Fsp3) is 0.500. The second kappa shape index (κ2) is 6.63. The summed E-state index contributed by atoms with van der Waals surface area (Å²) in [5.74, 6) is 0.957. The number of anilines is 1. The summed E-state index contributed by atoms with van der Waals surface area (Å²) in [6.07, 6.45) is 2.77. The number of hydrogen-bond donors (Lipinski definition) is 1. The van der Waals surface area contributed by atoms with Crippen LogP contribution in [-0.2, 0) is 16.0 Å². The van der Waals surface area contributed by atoms with E-state index in [2.05, 4.69) is 15.5 Å². The van der Waals surface area contributed by atoms with Gasteiger partial charge in [-0.15, -0.1) is 10.2 Å². The van der Waals surface area contributed by atoms with E-state index in [0.717, 1.165) is 17.8 Å². The van der Waals surface area contributed by atoms with E-state index in [1.54, 1.807) is 7.11 Å². The van der Waals surface area contributed by atoms with Gasteiger partial charge in [0.05, 0.1) is 18.6 Å². The highest BCUT2D eigenvalue weighted by Crippen LogP contribution is 2.65. The van der Waals surface area contributed by atoms with E-state index in [4.69, 9.17) is 9.47 Å². The van der Waals surface area contributed by atoms with Crippen molar-refractivity contribution < 1.29 is 19.1 Å². The molecule has 1 N–H and O–H groups in total. The van der Waals surface area contributed by atoms with Gasteiger partial charge >= 0.3 is 0 Å². The zero-order valence-electron chi connectivity index (χ0n) is 15.5. The molecule has 2 aromatic rings. The van der Waals surface area contributed by atoms with E-state index in [-0.39, 0.29) is 29.4 Å². The second-order valence-electron chi connectivity index (χ2n) is 7.75. The van der Waals surface area contributed by atoms with Crippen LogP contribution in [0.3, 0.4) is 0 Å². The molecule has 3 aliphatic rings. The molecule has 1 aromatic carbocycles. The number of methoxy groups -OCH3 is 1. The SMILES string of the molecule is COCCc1nnc(NC(=O)[C@@H]2[C@@H]3CC[C@]4(CC(=O)c5ccccc5O4)[C@@H]32)s1. The lowest BCUT2D eigenvalue weighted by Gasteiger charge is -2.37. The zero-order chi connectivity index (χ0) is 19.3. The first-order valence-corrected chi connectivity index (χ1v) is 10.4. The highest BCUT2D eigenvalue weighted by atomic mass is 32.1. The molecule has 0 unspecified atom stereocenters. The fourth-order valence-electron chi connectivity index (χ4n) is 4.90. The number of nitrogens with zero attached hydrogens (tertiary/aromatic N) is 2. The fourth-order valence-corrected chi connectivity index (χ4v) is 5.63. The number of Topliss-reactive ketones (excluding diaryl/α,β-unsaturated/α-hetero) is 1. The Morgan fingerprint density at radius 1 is 1.39 bits per heavy atom. The van der Waals surface area contributed by atoms with E-state index >= 15 is 0 Å². The van der Waals surface area contributed by atoms with Crippen LogP contribution in [0.15, 0.2) is 24.3 Å². The molecule has 1 aliphatic heterocycles. The Morgan fingerprint density at radius 2 is 2.25 bits per heavy atom. The molecular weight excluding hydrogens is 378 g/mol. The number of amides is 1. The van der Waals surface area contributed by atoms with Gasteiger partial charge in [-0.1, -0.05) is 23.5 Å². The molecule has 0 radical (unpaired) electrons. The molecule has 28 heavy (non-hydrogen) atoms. The number of aromatic nitrogens is 2. The number of ketones is 1. The Balaban J connectivity index is 1.29. The van der Waals surface area contributed by atoms with Crippen LogP contribution in [0.1, 0.15) is 34.6 Å². The second-order valence-corrected chi connectivity index (χ2v) is 8.81. The standard InChI is InChI=1S/C20H21N3O4S/c1-26-9-7-15-22-23-19(28-15)21-18(25)16-12-6-8-20(17(12)16)10-13(24)11-4-2-3-5-14(11)27-20/h2-5,12,16-17H,6-10H2,1H3,(H,21,23,25)/t12-,16+,17-,20-/m0/s1. The van der Waals surface area contributed by atoms with Gasteiger partial charge in [0.2, 0.25) is 11.0 Å². The van der Waals surface area contributed by atoms with E-state index in [9.17, 15) is 9.59 Å². The number of nitrogens with one attached hydrogen (secondary N) is 1. The molecule has 2 saturated carbocycles. The van der Waals surface area contributed by atoms with Gasteiger partial charge in [0.15, 0.2) is 5.78 Å².